The Kier molecular flexibility index (Phi) is 4.63. The van der Waals surface area contributed by atoms with Gasteiger partial charge in [0.2, 0.25) is 0 Å². The van der Waals surface area contributed by atoms with Gasteiger partial charge in [-0.15, -0.1) is 0 Å². The maximum atomic E-state index is 13.6. The van der Waals surface area contributed by atoms with Gasteiger partial charge in [0, 0.05) is 24.8 Å². The van der Waals surface area contributed by atoms with Gasteiger partial charge in [-0.2, -0.15) is 0 Å². The number of nitrogens with one attached hydrogen (secondary N) is 1. The second-order valence-corrected chi connectivity index (χ2v) is 4.66. The summed E-state index contributed by atoms with van der Waals surface area (Å²) in [5.41, 5.74) is 4.05. The quantitative estimate of drug-likeness (QED) is 0.889. The Hall–Kier alpha value is -1.74. The Morgan fingerprint density at radius 2 is 2.00 bits per heavy atom. The molecule has 0 bridgehead atoms. The zero-order chi connectivity index (χ0) is 13.7. The van der Waals surface area contributed by atoms with Crippen LogP contribution in [0.4, 0.5) is 4.39 Å². The van der Waals surface area contributed by atoms with Crippen molar-refractivity contribution in [3.8, 4) is 0 Å². The van der Waals surface area contributed by atoms with Crippen molar-refractivity contribution in [1.82, 2.24) is 10.3 Å². The molecule has 19 heavy (non-hydrogen) atoms. The normalized spacial score (nSPS) is 10.7. The summed E-state index contributed by atoms with van der Waals surface area (Å²) in [5, 5.41) is 3.26. The molecule has 0 aliphatic heterocycles. The highest BCUT2D eigenvalue weighted by Crippen LogP contribution is 2.10. The van der Waals surface area contributed by atoms with Gasteiger partial charge in [0.05, 0.1) is 5.69 Å². The van der Waals surface area contributed by atoms with Crippen molar-refractivity contribution in [2.45, 2.75) is 33.4 Å². The fourth-order valence-electron chi connectivity index (χ4n) is 2.11. The third-order valence-corrected chi connectivity index (χ3v) is 3.17. The van der Waals surface area contributed by atoms with Crippen molar-refractivity contribution in [2.75, 3.05) is 0 Å². The first-order valence-electron chi connectivity index (χ1n) is 6.59. The lowest BCUT2D eigenvalue weighted by Crippen LogP contribution is -2.16. The molecule has 0 aliphatic rings. The highest BCUT2D eigenvalue weighted by Gasteiger charge is 2.04. The standard InChI is InChI=1S/C16H19FN2/c1-3-13-5-4-8-19-16(13)11-18-10-14-9-12(2)6-7-15(14)17/h4-9,18H,3,10-11H2,1-2H3. The van der Waals surface area contributed by atoms with E-state index in [-0.39, 0.29) is 5.82 Å². The van der Waals surface area contributed by atoms with E-state index in [1.807, 2.05) is 19.1 Å². The average Bonchev–Trinajstić information content (AvgIpc) is 2.43. The van der Waals surface area contributed by atoms with Crippen LogP contribution in [0.3, 0.4) is 0 Å². The van der Waals surface area contributed by atoms with Crippen molar-refractivity contribution in [3.05, 3.63) is 64.7 Å². The molecule has 1 aromatic carbocycles. The zero-order valence-corrected chi connectivity index (χ0v) is 11.4. The number of benzene rings is 1. The van der Waals surface area contributed by atoms with E-state index in [0.717, 1.165) is 17.7 Å². The molecule has 1 aromatic heterocycles. The van der Waals surface area contributed by atoms with Gasteiger partial charge in [0.1, 0.15) is 5.82 Å². The van der Waals surface area contributed by atoms with Gasteiger partial charge >= 0.3 is 0 Å². The van der Waals surface area contributed by atoms with E-state index < -0.39 is 0 Å². The van der Waals surface area contributed by atoms with Crippen LogP contribution in [-0.4, -0.2) is 4.98 Å². The lowest BCUT2D eigenvalue weighted by Gasteiger charge is -2.09. The second kappa shape index (κ2) is 6.43. The van der Waals surface area contributed by atoms with Crippen molar-refractivity contribution in [3.63, 3.8) is 0 Å². The molecule has 0 unspecified atom stereocenters. The lowest BCUT2D eigenvalue weighted by molar-refractivity contribution is 0.584. The fraction of sp³-hybridized carbons (Fsp3) is 0.312. The summed E-state index contributed by atoms with van der Waals surface area (Å²) in [6, 6.07) is 9.21. The van der Waals surface area contributed by atoms with Crippen LogP contribution in [0.15, 0.2) is 36.5 Å². The molecule has 2 nitrogen and oxygen atoms in total. The van der Waals surface area contributed by atoms with E-state index in [2.05, 4.69) is 23.3 Å². The molecule has 0 spiro atoms. The van der Waals surface area contributed by atoms with Crippen LogP contribution in [0.25, 0.3) is 0 Å². The Balaban J connectivity index is 1.98. The highest BCUT2D eigenvalue weighted by atomic mass is 19.1. The molecule has 2 rings (SSSR count). The van der Waals surface area contributed by atoms with Crippen LogP contribution in [0.2, 0.25) is 0 Å². The maximum absolute atomic E-state index is 13.6. The van der Waals surface area contributed by atoms with Crippen LogP contribution in [0, 0.1) is 12.7 Å². The van der Waals surface area contributed by atoms with Crippen LogP contribution < -0.4 is 5.32 Å². The molecule has 0 aliphatic carbocycles. The Labute approximate surface area is 113 Å². The largest absolute Gasteiger partial charge is 0.307 e. The van der Waals surface area contributed by atoms with Gasteiger partial charge in [0.25, 0.3) is 0 Å². The fourth-order valence-corrected chi connectivity index (χ4v) is 2.11. The smallest absolute Gasteiger partial charge is 0.127 e. The summed E-state index contributed by atoms with van der Waals surface area (Å²) in [7, 11) is 0. The van der Waals surface area contributed by atoms with Gasteiger partial charge in [-0.05, 0) is 31.0 Å². The number of nitrogens with zero attached hydrogens (tertiary/aromatic N) is 1. The number of aryl methyl sites for hydroxylation is 2. The number of rotatable bonds is 5. The summed E-state index contributed by atoms with van der Waals surface area (Å²) >= 11 is 0. The summed E-state index contributed by atoms with van der Waals surface area (Å²) in [5.74, 6) is -0.158. The van der Waals surface area contributed by atoms with Gasteiger partial charge in [-0.1, -0.05) is 30.7 Å². The number of hydrogen-bond acceptors (Lipinski definition) is 2. The molecular weight excluding hydrogens is 239 g/mol. The Morgan fingerprint density at radius 3 is 2.79 bits per heavy atom. The summed E-state index contributed by atoms with van der Waals surface area (Å²) in [6.07, 6.45) is 2.76. The second-order valence-electron chi connectivity index (χ2n) is 4.66. The molecule has 0 amide bonds. The number of halogens is 1. The first-order chi connectivity index (χ1) is 9.20. The van der Waals surface area contributed by atoms with Gasteiger partial charge in [0.15, 0.2) is 0 Å². The van der Waals surface area contributed by atoms with E-state index in [1.54, 1.807) is 12.3 Å². The molecule has 1 N–H and O–H groups in total. The van der Waals surface area contributed by atoms with Crippen LogP contribution in [0.1, 0.15) is 29.3 Å². The van der Waals surface area contributed by atoms with Crippen molar-refractivity contribution >= 4 is 0 Å². The summed E-state index contributed by atoms with van der Waals surface area (Å²) < 4.78 is 13.6. The van der Waals surface area contributed by atoms with Crippen LogP contribution in [0.5, 0.6) is 0 Å². The minimum Gasteiger partial charge on any atom is -0.307 e. The third kappa shape index (κ3) is 3.61. The van der Waals surface area contributed by atoms with Crippen molar-refractivity contribution < 1.29 is 4.39 Å². The van der Waals surface area contributed by atoms with E-state index in [9.17, 15) is 4.39 Å². The van der Waals surface area contributed by atoms with E-state index in [0.29, 0.717) is 18.7 Å². The topological polar surface area (TPSA) is 24.9 Å². The first kappa shape index (κ1) is 13.7. The molecule has 0 saturated heterocycles. The van der Waals surface area contributed by atoms with Crippen LogP contribution >= 0.6 is 0 Å². The average molecular weight is 258 g/mol. The van der Waals surface area contributed by atoms with E-state index in [4.69, 9.17) is 0 Å². The molecule has 1 heterocycles. The monoisotopic (exact) mass is 258 g/mol. The third-order valence-electron chi connectivity index (χ3n) is 3.17. The van der Waals surface area contributed by atoms with Crippen molar-refractivity contribution in [1.29, 1.82) is 0 Å². The van der Waals surface area contributed by atoms with Gasteiger partial charge in [-0.3, -0.25) is 4.98 Å². The predicted molar refractivity (Wildman–Crippen MR) is 75.3 cm³/mol. The lowest BCUT2D eigenvalue weighted by atomic mass is 10.1. The Bertz CT molecular complexity index is 552. The molecule has 0 fully saturated rings. The number of pyridine rings is 1. The van der Waals surface area contributed by atoms with Gasteiger partial charge in [-0.25, -0.2) is 4.39 Å². The maximum Gasteiger partial charge on any atom is 0.127 e. The Morgan fingerprint density at radius 1 is 1.16 bits per heavy atom. The van der Waals surface area contributed by atoms with E-state index >= 15 is 0 Å². The van der Waals surface area contributed by atoms with E-state index in [1.165, 1.54) is 11.6 Å². The zero-order valence-electron chi connectivity index (χ0n) is 11.4. The predicted octanol–water partition coefficient (Wildman–Crippen LogP) is 3.38. The first-order valence-corrected chi connectivity index (χ1v) is 6.59. The summed E-state index contributed by atoms with van der Waals surface area (Å²) in [4.78, 5) is 4.36. The molecule has 0 radical (unpaired) electrons. The SMILES string of the molecule is CCc1cccnc1CNCc1cc(C)ccc1F. The molecular formula is C16H19FN2. The molecule has 3 heteroatoms. The van der Waals surface area contributed by atoms with Crippen LogP contribution in [-0.2, 0) is 19.5 Å². The molecule has 0 atom stereocenters. The van der Waals surface area contributed by atoms with Crippen molar-refractivity contribution in [2.24, 2.45) is 0 Å². The molecule has 100 valence electrons. The van der Waals surface area contributed by atoms with Gasteiger partial charge < -0.3 is 5.32 Å². The highest BCUT2D eigenvalue weighted by molar-refractivity contribution is 5.24. The summed E-state index contributed by atoms with van der Waals surface area (Å²) in [6.45, 7) is 5.27. The molecule has 2 aromatic rings. The number of aromatic nitrogens is 1. The minimum atomic E-state index is -0.158. The number of hydrogen-bond donors (Lipinski definition) is 1. The minimum absolute atomic E-state index is 0.158. The molecule has 0 saturated carbocycles.